The highest BCUT2D eigenvalue weighted by Gasteiger charge is 2.37. The van der Waals surface area contributed by atoms with E-state index in [1.807, 2.05) is 53.1 Å². The molecule has 202 valence electrons. The van der Waals surface area contributed by atoms with Gasteiger partial charge in [0, 0.05) is 35.2 Å². The van der Waals surface area contributed by atoms with Gasteiger partial charge in [-0.1, -0.05) is 38.6 Å². The first-order valence-corrected chi connectivity index (χ1v) is 13.2. The molecule has 0 saturated heterocycles. The topological polar surface area (TPSA) is 81.0 Å². The SMILES string of the molecule is C.CCSC1=C(/C=C2/N(CC)c3ccccc3N2CCO)C(=O)/C1=C/c1oc2ccccc2[n+]1CCO.[I-]. The van der Waals surface area contributed by atoms with Gasteiger partial charge in [0.05, 0.1) is 24.1 Å². The second-order valence-electron chi connectivity index (χ2n) is 8.46. The number of oxazole rings is 1. The highest BCUT2D eigenvalue weighted by molar-refractivity contribution is 8.03. The number of carbonyl (C=O) groups is 1. The summed E-state index contributed by atoms with van der Waals surface area (Å²) in [6.07, 6.45) is 3.75. The molecule has 0 spiro atoms. The maximum Gasteiger partial charge on any atom is 0.374 e. The number of ketones is 1. The van der Waals surface area contributed by atoms with Gasteiger partial charge in [0.2, 0.25) is 5.58 Å². The van der Waals surface area contributed by atoms with E-state index in [-0.39, 0.29) is 50.4 Å². The van der Waals surface area contributed by atoms with Crippen molar-refractivity contribution in [3.05, 3.63) is 82.4 Å². The first-order valence-electron chi connectivity index (χ1n) is 12.3. The first-order chi connectivity index (χ1) is 17.6. The van der Waals surface area contributed by atoms with Crippen molar-refractivity contribution in [2.24, 2.45) is 0 Å². The summed E-state index contributed by atoms with van der Waals surface area (Å²) in [4.78, 5) is 18.7. The van der Waals surface area contributed by atoms with Gasteiger partial charge < -0.3 is 48.4 Å². The minimum Gasteiger partial charge on any atom is -1.00 e. The molecule has 0 amide bonds. The quantitative estimate of drug-likeness (QED) is 0.207. The summed E-state index contributed by atoms with van der Waals surface area (Å²) < 4.78 is 7.96. The molecule has 0 radical (unpaired) electrons. The molecule has 0 fully saturated rings. The number of halogens is 1. The molecule has 1 aliphatic carbocycles. The van der Waals surface area contributed by atoms with Gasteiger partial charge in [0.15, 0.2) is 12.3 Å². The minimum atomic E-state index is -0.0367. The van der Waals surface area contributed by atoms with Crippen LogP contribution in [0.4, 0.5) is 11.4 Å². The van der Waals surface area contributed by atoms with Gasteiger partial charge in [-0.25, -0.2) is 0 Å². The van der Waals surface area contributed by atoms with Crippen LogP contribution in [-0.4, -0.2) is 48.1 Å². The van der Waals surface area contributed by atoms with Gasteiger partial charge >= 0.3 is 5.89 Å². The number of nitrogens with zero attached hydrogens (tertiary/aromatic N) is 3. The van der Waals surface area contributed by atoms with Gasteiger partial charge in [-0.15, -0.1) is 11.8 Å². The third-order valence-electron chi connectivity index (χ3n) is 6.42. The number of thioether (sulfide) groups is 1. The lowest BCUT2D eigenvalue weighted by Gasteiger charge is -2.28. The number of hydrogen-bond donors (Lipinski definition) is 2. The number of rotatable bonds is 9. The van der Waals surface area contributed by atoms with Crippen LogP contribution in [0.15, 0.2) is 80.9 Å². The van der Waals surface area contributed by atoms with Crippen molar-refractivity contribution < 1.29 is 48.0 Å². The number of Topliss-reactive ketones (excluding diaryl/α,β-unsaturated/α-hetero) is 1. The Morgan fingerprint density at radius 1 is 0.974 bits per heavy atom. The van der Waals surface area contributed by atoms with E-state index in [4.69, 9.17) is 4.42 Å². The Morgan fingerprint density at radius 2 is 1.66 bits per heavy atom. The molecule has 7 nitrogen and oxygen atoms in total. The van der Waals surface area contributed by atoms with Crippen molar-refractivity contribution in [1.82, 2.24) is 0 Å². The summed E-state index contributed by atoms with van der Waals surface area (Å²) in [5.74, 6) is 2.22. The van der Waals surface area contributed by atoms with Crippen LogP contribution in [0.25, 0.3) is 17.2 Å². The number of aliphatic hydroxyl groups is 2. The maximum absolute atomic E-state index is 13.5. The van der Waals surface area contributed by atoms with Crippen LogP contribution in [0.1, 0.15) is 27.2 Å². The van der Waals surface area contributed by atoms with Crippen molar-refractivity contribution in [1.29, 1.82) is 0 Å². The lowest BCUT2D eigenvalue weighted by Crippen LogP contribution is -3.00. The number of β-amino-alcohol motifs (C(OH)–C–C–N with tert-alkyl or cyclic N) is 1. The highest BCUT2D eigenvalue weighted by atomic mass is 127. The van der Waals surface area contributed by atoms with E-state index in [1.165, 1.54) is 0 Å². The number of allylic oxidation sites excluding steroid dienone is 3. The molecule has 0 atom stereocenters. The zero-order chi connectivity index (χ0) is 25.2. The van der Waals surface area contributed by atoms with Crippen LogP contribution in [0, 0.1) is 0 Å². The van der Waals surface area contributed by atoms with Crippen LogP contribution in [0.3, 0.4) is 0 Å². The summed E-state index contributed by atoms with van der Waals surface area (Å²) in [7, 11) is 0. The third-order valence-corrected chi connectivity index (χ3v) is 7.44. The summed E-state index contributed by atoms with van der Waals surface area (Å²) >= 11 is 1.63. The zero-order valence-corrected chi connectivity index (χ0v) is 23.8. The van der Waals surface area contributed by atoms with Crippen LogP contribution in [-0.2, 0) is 11.3 Å². The molecule has 2 heterocycles. The number of hydrogen-bond acceptors (Lipinski definition) is 7. The Kier molecular flexibility index (Phi) is 10.2. The fourth-order valence-electron chi connectivity index (χ4n) is 4.88. The lowest BCUT2D eigenvalue weighted by atomic mass is 9.89. The summed E-state index contributed by atoms with van der Waals surface area (Å²) in [5, 5.41) is 19.4. The number of aromatic nitrogens is 1. The Labute approximate surface area is 245 Å². The Balaban J connectivity index is 0.00000200. The average molecular weight is 648 g/mol. The minimum absolute atomic E-state index is 0. The fourth-order valence-corrected chi connectivity index (χ4v) is 5.78. The maximum atomic E-state index is 13.5. The second-order valence-corrected chi connectivity index (χ2v) is 9.73. The van der Waals surface area contributed by atoms with Gasteiger partial charge in [0.25, 0.3) is 5.52 Å². The third kappa shape index (κ3) is 5.16. The molecule has 9 heteroatoms. The molecule has 5 rings (SSSR count). The first kappa shape index (κ1) is 29.9. The van der Waals surface area contributed by atoms with Gasteiger partial charge in [-0.05, 0) is 37.0 Å². The molecule has 2 aliphatic rings. The molecular weight excluding hydrogens is 613 g/mol. The molecule has 2 N–H and O–H groups in total. The molecular formula is C29H34IN3O4S. The van der Waals surface area contributed by atoms with Crippen molar-refractivity contribution in [3.8, 4) is 0 Å². The number of benzene rings is 2. The van der Waals surface area contributed by atoms with E-state index >= 15 is 0 Å². The summed E-state index contributed by atoms with van der Waals surface area (Å²) in [6.45, 7) is 5.69. The fraction of sp³-hybridized carbons (Fsp3) is 0.310. The van der Waals surface area contributed by atoms with E-state index in [0.717, 1.165) is 39.9 Å². The Morgan fingerprint density at radius 3 is 2.32 bits per heavy atom. The smallest absolute Gasteiger partial charge is 0.374 e. The van der Waals surface area contributed by atoms with Gasteiger partial charge in [0.1, 0.15) is 12.4 Å². The van der Waals surface area contributed by atoms with Crippen LogP contribution < -0.4 is 38.3 Å². The predicted octanol–water partition coefficient (Wildman–Crippen LogP) is 1.51. The van der Waals surface area contributed by atoms with Crippen molar-refractivity contribution in [3.63, 3.8) is 0 Å². The summed E-state index contributed by atoms with van der Waals surface area (Å²) in [5.41, 5.74) is 4.97. The number of para-hydroxylation sites is 4. The summed E-state index contributed by atoms with van der Waals surface area (Å²) in [6, 6.07) is 15.8. The van der Waals surface area contributed by atoms with Gasteiger partial charge in [-0.3, -0.25) is 4.79 Å². The molecule has 1 aromatic heterocycles. The standard InChI is InChI=1S/C28H30N3O4S.CH4.HI/c1-3-29-21-9-5-6-10-22(21)30(13-15-32)25(29)17-19-27(34)20(28(19)36-4-2)18-26-31(14-16-33)23-11-7-8-12-24(23)35-26;;/h5-12,17-18,32-33H,3-4,13-16H2,1-2H3;1H4;1H/q+1;;/p-1. The number of fused-ring (bicyclic) bond motifs is 2. The molecule has 3 aromatic rings. The van der Waals surface area contributed by atoms with Crippen molar-refractivity contribution in [2.75, 3.05) is 41.9 Å². The average Bonchev–Trinajstić information content (AvgIpc) is 3.40. The van der Waals surface area contributed by atoms with E-state index in [1.54, 1.807) is 17.8 Å². The van der Waals surface area contributed by atoms with E-state index in [0.29, 0.717) is 35.7 Å². The molecule has 0 unspecified atom stereocenters. The predicted molar refractivity (Wildman–Crippen MR) is 150 cm³/mol. The largest absolute Gasteiger partial charge is 1.00 e. The molecule has 2 aromatic carbocycles. The number of aliphatic hydroxyl groups excluding tert-OH is 2. The molecule has 1 aliphatic heterocycles. The normalized spacial score (nSPS) is 16.7. The van der Waals surface area contributed by atoms with Crippen LogP contribution in [0.5, 0.6) is 0 Å². The number of anilines is 2. The number of carbonyl (C=O) groups excluding carboxylic acids is 1. The monoisotopic (exact) mass is 647 g/mol. The van der Waals surface area contributed by atoms with Crippen molar-refractivity contribution >= 4 is 46.1 Å². The van der Waals surface area contributed by atoms with E-state index in [2.05, 4.69) is 29.7 Å². The van der Waals surface area contributed by atoms with Crippen LogP contribution in [0.2, 0.25) is 0 Å². The van der Waals surface area contributed by atoms with E-state index < -0.39 is 0 Å². The molecule has 0 saturated carbocycles. The van der Waals surface area contributed by atoms with Crippen LogP contribution >= 0.6 is 11.8 Å². The van der Waals surface area contributed by atoms with Crippen molar-refractivity contribution in [2.45, 2.75) is 27.8 Å². The lowest BCUT2D eigenvalue weighted by molar-refractivity contribution is -0.679. The molecule has 38 heavy (non-hydrogen) atoms. The zero-order valence-electron chi connectivity index (χ0n) is 20.9. The second kappa shape index (κ2) is 13.0. The van der Waals surface area contributed by atoms with Gasteiger partial charge in [-0.2, -0.15) is 4.57 Å². The molecule has 0 bridgehead atoms. The Hall–Kier alpha value is -2.60. The van der Waals surface area contributed by atoms with E-state index in [9.17, 15) is 15.0 Å². The highest BCUT2D eigenvalue weighted by Crippen LogP contribution is 2.45. The Bertz CT molecular complexity index is 1410.